The zero-order valence-electron chi connectivity index (χ0n) is 8.20. The number of phenols is 1. The first kappa shape index (κ1) is 10.7. The number of carbonyl (C=O) groups is 1. The molecule has 1 aromatic rings. The van der Waals surface area contributed by atoms with Crippen LogP contribution < -0.4 is 0 Å². The van der Waals surface area contributed by atoms with Crippen LogP contribution in [0, 0.1) is 0 Å². The summed E-state index contributed by atoms with van der Waals surface area (Å²) < 4.78 is 13.5. The van der Waals surface area contributed by atoms with Crippen molar-refractivity contribution in [3.8, 4) is 5.75 Å². The first-order valence-corrected chi connectivity index (χ1v) is 4.38. The summed E-state index contributed by atoms with van der Waals surface area (Å²) in [7, 11) is 0. The smallest absolute Gasteiger partial charge is 0.130 e. The molecule has 3 heteroatoms. The van der Waals surface area contributed by atoms with Gasteiger partial charge in [0.1, 0.15) is 17.7 Å². The molecule has 1 N–H and O–H groups in total. The van der Waals surface area contributed by atoms with Crippen LogP contribution in [0.5, 0.6) is 5.75 Å². The number of hydrogen-bond acceptors (Lipinski definition) is 2. The molecule has 76 valence electrons. The minimum Gasteiger partial charge on any atom is -0.508 e. The SMILES string of the molecule is CC(C)(F)C(C=O)c1ccc(O)cc1. The second kappa shape index (κ2) is 3.78. The van der Waals surface area contributed by atoms with Gasteiger partial charge in [0, 0.05) is 0 Å². The Balaban J connectivity index is 3.02. The first-order chi connectivity index (χ1) is 6.45. The number of carbonyl (C=O) groups excluding carboxylic acids is 1. The predicted molar refractivity (Wildman–Crippen MR) is 52.1 cm³/mol. The van der Waals surface area contributed by atoms with E-state index in [1.807, 2.05) is 0 Å². The van der Waals surface area contributed by atoms with E-state index >= 15 is 0 Å². The van der Waals surface area contributed by atoms with E-state index in [4.69, 9.17) is 5.11 Å². The highest BCUT2D eigenvalue weighted by molar-refractivity contribution is 5.64. The Labute approximate surface area is 82.4 Å². The van der Waals surface area contributed by atoms with Crippen molar-refractivity contribution >= 4 is 6.29 Å². The average molecular weight is 196 g/mol. The van der Waals surface area contributed by atoms with Crippen LogP contribution in [0.15, 0.2) is 24.3 Å². The van der Waals surface area contributed by atoms with Gasteiger partial charge in [-0.15, -0.1) is 0 Å². The number of hydrogen-bond donors (Lipinski definition) is 1. The summed E-state index contributed by atoms with van der Waals surface area (Å²) >= 11 is 0. The van der Waals surface area contributed by atoms with Crippen LogP contribution in [0.4, 0.5) is 4.39 Å². The lowest BCUT2D eigenvalue weighted by Gasteiger charge is -2.22. The normalized spacial score (nSPS) is 13.6. The molecule has 1 unspecified atom stereocenters. The fraction of sp³-hybridized carbons (Fsp3) is 0.364. The molecule has 1 rings (SSSR count). The molecule has 0 aliphatic carbocycles. The predicted octanol–water partition coefficient (Wildman–Crippen LogP) is 2.42. The maximum Gasteiger partial charge on any atom is 0.130 e. The summed E-state index contributed by atoms with van der Waals surface area (Å²) in [5.74, 6) is -0.682. The van der Waals surface area contributed by atoms with Crippen LogP contribution in [0.1, 0.15) is 25.3 Å². The van der Waals surface area contributed by atoms with Gasteiger partial charge < -0.3 is 9.90 Å². The summed E-state index contributed by atoms with van der Waals surface area (Å²) in [6.07, 6.45) is 0.590. The molecule has 0 heterocycles. The molecular weight excluding hydrogens is 183 g/mol. The van der Waals surface area contributed by atoms with Gasteiger partial charge in [-0.05, 0) is 31.5 Å². The third-order valence-corrected chi connectivity index (χ3v) is 2.13. The van der Waals surface area contributed by atoms with E-state index < -0.39 is 11.6 Å². The van der Waals surface area contributed by atoms with E-state index in [-0.39, 0.29) is 5.75 Å². The first-order valence-electron chi connectivity index (χ1n) is 4.38. The van der Waals surface area contributed by atoms with Gasteiger partial charge in [0.25, 0.3) is 0 Å². The monoisotopic (exact) mass is 196 g/mol. The van der Waals surface area contributed by atoms with Crippen molar-refractivity contribution in [1.29, 1.82) is 0 Å². The van der Waals surface area contributed by atoms with Crippen LogP contribution in [0.25, 0.3) is 0 Å². The van der Waals surface area contributed by atoms with E-state index in [2.05, 4.69) is 0 Å². The molecule has 0 fully saturated rings. The van der Waals surface area contributed by atoms with Crippen molar-refractivity contribution in [1.82, 2.24) is 0 Å². The van der Waals surface area contributed by atoms with Crippen LogP contribution in [-0.2, 0) is 4.79 Å². The fourth-order valence-electron chi connectivity index (χ4n) is 1.32. The zero-order chi connectivity index (χ0) is 10.8. The van der Waals surface area contributed by atoms with Crippen LogP contribution in [-0.4, -0.2) is 17.1 Å². The molecule has 1 atom stereocenters. The van der Waals surface area contributed by atoms with E-state index in [1.54, 1.807) is 12.1 Å². The lowest BCUT2D eigenvalue weighted by Crippen LogP contribution is -2.24. The van der Waals surface area contributed by atoms with Crippen molar-refractivity contribution in [2.45, 2.75) is 25.4 Å². The maximum absolute atomic E-state index is 13.5. The third-order valence-electron chi connectivity index (χ3n) is 2.13. The Bertz CT molecular complexity index is 311. The number of phenolic OH excluding ortho intramolecular Hbond substituents is 1. The second-order valence-electron chi connectivity index (χ2n) is 3.77. The van der Waals surface area contributed by atoms with E-state index in [1.165, 1.54) is 26.0 Å². The van der Waals surface area contributed by atoms with Gasteiger partial charge in [-0.2, -0.15) is 0 Å². The lowest BCUT2D eigenvalue weighted by atomic mass is 9.87. The molecule has 1 aromatic carbocycles. The third kappa shape index (κ3) is 2.31. The van der Waals surface area contributed by atoms with Crippen molar-refractivity contribution in [2.24, 2.45) is 0 Å². The van der Waals surface area contributed by atoms with Crippen molar-refractivity contribution in [2.75, 3.05) is 0 Å². The highest BCUT2D eigenvalue weighted by Crippen LogP contribution is 2.30. The molecule has 2 nitrogen and oxygen atoms in total. The molecule has 0 aliphatic heterocycles. The van der Waals surface area contributed by atoms with Crippen molar-refractivity contribution in [3.05, 3.63) is 29.8 Å². The Hall–Kier alpha value is -1.38. The largest absolute Gasteiger partial charge is 0.508 e. The van der Waals surface area contributed by atoms with Crippen LogP contribution in [0.3, 0.4) is 0 Å². The minimum absolute atomic E-state index is 0.107. The standard InChI is InChI=1S/C11H13FO2/c1-11(2,12)10(7-13)8-3-5-9(14)6-4-8/h3-7,10,14H,1-2H3. The summed E-state index contributed by atoms with van der Waals surface area (Å²) in [5.41, 5.74) is -1.01. The molecule has 0 aromatic heterocycles. The van der Waals surface area contributed by atoms with Gasteiger partial charge in [-0.25, -0.2) is 4.39 Å². The fourth-order valence-corrected chi connectivity index (χ4v) is 1.32. The van der Waals surface area contributed by atoms with Crippen molar-refractivity contribution < 1.29 is 14.3 Å². The molecule has 0 spiro atoms. The number of benzene rings is 1. The molecule has 0 saturated carbocycles. The molecular formula is C11H13FO2. The minimum atomic E-state index is -1.58. The van der Waals surface area contributed by atoms with Gasteiger partial charge in [-0.3, -0.25) is 0 Å². The molecule has 0 radical (unpaired) electrons. The number of halogens is 1. The second-order valence-corrected chi connectivity index (χ2v) is 3.77. The quantitative estimate of drug-likeness (QED) is 0.754. The summed E-state index contributed by atoms with van der Waals surface area (Å²) in [4.78, 5) is 10.7. The molecule has 0 bridgehead atoms. The van der Waals surface area contributed by atoms with E-state index in [9.17, 15) is 9.18 Å². The summed E-state index contributed by atoms with van der Waals surface area (Å²) in [5, 5.41) is 9.03. The van der Waals surface area contributed by atoms with E-state index in [0.29, 0.717) is 11.8 Å². The topological polar surface area (TPSA) is 37.3 Å². The Kier molecular flexibility index (Phi) is 2.89. The molecule has 0 saturated heterocycles. The van der Waals surface area contributed by atoms with Gasteiger partial charge in [0.15, 0.2) is 0 Å². The van der Waals surface area contributed by atoms with Gasteiger partial charge >= 0.3 is 0 Å². The van der Waals surface area contributed by atoms with Gasteiger partial charge in [0.05, 0.1) is 5.92 Å². The zero-order valence-corrected chi connectivity index (χ0v) is 8.20. The number of aldehydes is 1. The maximum atomic E-state index is 13.5. The lowest BCUT2D eigenvalue weighted by molar-refractivity contribution is -0.111. The van der Waals surface area contributed by atoms with Crippen LogP contribution >= 0.6 is 0 Å². The Morgan fingerprint density at radius 1 is 1.36 bits per heavy atom. The number of alkyl halides is 1. The van der Waals surface area contributed by atoms with Crippen LogP contribution in [0.2, 0.25) is 0 Å². The highest BCUT2D eigenvalue weighted by atomic mass is 19.1. The highest BCUT2D eigenvalue weighted by Gasteiger charge is 2.30. The average Bonchev–Trinajstić information content (AvgIpc) is 2.07. The number of rotatable bonds is 3. The molecule has 0 amide bonds. The molecule has 14 heavy (non-hydrogen) atoms. The van der Waals surface area contributed by atoms with Crippen molar-refractivity contribution in [3.63, 3.8) is 0 Å². The van der Waals surface area contributed by atoms with Gasteiger partial charge in [0.2, 0.25) is 0 Å². The Morgan fingerprint density at radius 2 is 1.86 bits per heavy atom. The van der Waals surface area contributed by atoms with E-state index in [0.717, 1.165) is 0 Å². The number of aromatic hydroxyl groups is 1. The molecule has 0 aliphatic rings. The summed E-state index contributed by atoms with van der Waals surface area (Å²) in [6, 6.07) is 5.99. The summed E-state index contributed by atoms with van der Waals surface area (Å²) in [6.45, 7) is 2.72. The Morgan fingerprint density at radius 3 is 2.21 bits per heavy atom. The van der Waals surface area contributed by atoms with Gasteiger partial charge in [-0.1, -0.05) is 12.1 Å².